The smallest absolute Gasteiger partial charge is 0.419 e. The normalized spacial score (nSPS) is 20.1. The summed E-state index contributed by atoms with van der Waals surface area (Å²) in [5, 5.41) is 0. The van der Waals surface area contributed by atoms with Crippen molar-refractivity contribution >= 4 is 23.1 Å². The van der Waals surface area contributed by atoms with Crippen LogP contribution in [0.4, 0.5) is 4.79 Å². The Kier molecular flexibility index (Phi) is 5.10. The number of piperidine rings is 1. The summed E-state index contributed by atoms with van der Waals surface area (Å²) in [5.41, 5.74) is 1.18. The van der Waals surface area contributed by atoms with Gasteiger partial charge in [-0.15, -0.1) is 0 Å². The number of ether oxygens (including phenoxy) is 1. The number of nitrogens with zero attached hydrogens (tertiary/aromatic N) is 3. The van der Waals surface area contributed by atoms with Crippen LogP contribution < -0.4 is 5.76 Å². The van der Waals surface area contributed by atoms with E-state index in [4.69, 9.17) is 9.15 Å². The molecule has 0 unspecified atom stereocenters. The van der Waals surface area contributed by atoms with Crippen LogP contribution in [0, 0.1) is 5.41 Å². The molecule has 2 amide bonds. The van der Waals surface area contributed by atoms with Crippen molar-refractivity contribution < 1.29 is 18.7 Å². The predicted molar refractivity (Wildman–Crippen MR) is 107 cm³/mol. The molecule has 0 aliphatic carbocycles. The topological polar surface area (TPSA) is 85.0 Å². The Morgan fingerprint density at radius 2 is 1.90 bits per heavy atom. The van der Waals surface area contributed by atoms with E-state index in [1.165, 1.54) is 4.57 Å². The summed E-state index contributed by atoms with van der Waals surface area (Å²) in [4.78, 5) is 40.5. The molecule has 0 spiro atoms. The Bertz CT molecular complexity index is 968. The molecule has 0 radical (unpaired) electrons. The molecule has 1 aromatic heterocycles. The maximum Gasteiger partial charge on any atom is 0.419 e. The fourth-order valence-electron chi connectivity index (χ4n) is 4.21. The molecule has 2 aliphatic heterocycles. The summed E-state index contributed by atoms with van der Waals surface area (Å²) >= 11 is 0. The highest BCUT2D eigenvalue weighted by Gasteiger charge is 2.38. The minimum absolute atomic E-state index is 0.0159. The molecule has 2 aliphatic rings. The average Bonchev–Trinajstić information content (AvgIpc) is 3.03. The number of para-hydroxylation sites is 2. The average molecular weight is 401 g/mol. The highest BCUT2D eigenvalue weighted by Crippen LogP contribution is 2.28. The van der Waals surface area contributed by atoms with Crippen molar-refractivity contribution in [1.82, 2.24) is 14.4 Å². The largest absolute Gasteiger partial charge is 0.449 e. The van der Waals surface area contributed by atoms with Gasteiger partial charge in [-0.25, -0.2) is 9.59 Å². The van der Waals surface area contributed by atoms with Gasteiger partial charge in [-0.05, 0) is 25.0 Å². The van der Waals surface area contributed by atoms with Gasteiger partial charge in [0.05, 0.1) is 12.1 Å². The van der Waals surface area contributed by atoms with Gasteiger partial charge in [-0.3, -0.25) is 9.36 Å². The van der Waals surface area contributed by atoms with Crippen LogP contribution in [0.3, 0.4) is 0 Å². The molecule has 1 aromatic carbocycles. The van der Waals surface area contributed by atoms with E-state index in [9.17, 15) is 14.4 Å². The highest BCUT2D eigenvalue weighted by atomic mass is 16.6. The van der Waals surface area contributed by atoms with Crippen molar-refractivity contribution in [3.63, 3.8) is 0 Å². The predicted octanol–water partition coefficient (Wildman–Crippen LogP) is 2.45. The Morgan fingerprint density at radius 3 is 2.66 bits per heavy atom. The first-order valence-corrected chi connectivity index (χ1v) is 10.1. The Morgan fingerprint density at radius 1 is 1.17 bits per heavy atom. The van der Waals surface area contributed by atoms with E-state index in [-0.39, 0.29) is 29.9 Å². The van der Waals surface area contributed by atoms with E-state index in [0.29, 0.717) is 43.9 Å². The minimum Gasteiger partial charge on any atom is -0.449 e. The summed E-state index contributed by atoms with van der Waals surface area (Å²) in [6.07, 6.45) is 1.48. The number of likely N-dealkylation sites (tertiary alicyclic amines) is 1. The van der Waals surface area contributed by atoms with Crippen LogP contribution in [0.5, 0.6) is 0 Å². The lowest BCUT2D eigenvalue weighted by Gasteiger charge is -2.44. The second-order valence-electron chi connectivity index (χ2n) is 8.70. The third kappa shape index (κ3) is 4.02. The number of benzene rings is 1. The van der Waals surface area contributed by atoms with Crippen LogP contribution in [-0.2, 0) is 16.1 Å². The fraction of sp³-hybridized carbons (Fsp3) is 0.571. The van der Waals surface area contributed by atoms with Crippen LogP contribution in [-0.4, -0.2) is 58.7 Å². The number of carbonyl (C=O) groups excluding carboxylic acids is 2. The number of aromatic nitrogens is 1. The minimum atomic E-state index is -0.441. The second kappa shape index (κ2) is 7.57. The van der Waals surface area contributed by atoms with Gasteiger partial charge in [-0.2, -0.15) is 0 Å². The molecule has 8 heteroatoms. The van der Waals surface area contributed by atoms with Crippen molar-refractivity contribution in [2.24, 2.45) is 5.41 Å². The molecular weight excluding hydrogens is 374 g/mol. The van der Waals surface area contributed by atoms with Crippen molar-refractivity contribution in [3.8, 4) is 0 Å². The van der Waals surface area contributed by atoms with E-state index in [2.05, 4.69) is 13.8 Å². The van der Waals surface area contributed by atoms with Crippen molar-refractivity contribution in [3.05, 3.63) is 34.8 Å². The van der Waals surface area contributed by atoms with Gasteiger partial charge in [0, 0.05) is 44.1 Å². The van der Waals surface area contributed by atoms with E-state index in [1.54, 1.807) is 6.07 Å². The zero-order valence-corrected chi connectivity index (χ0v) is 16.9. The van der Waals surface area contributed by atoms with Crippen LogP contribution in [0.15, 0.2) is 33.5 Å². The first kappa shape index (κ1) is 19.5. The summed E-state index contributed by atoms with van der Waals surface area (Å²) in [7, 11) is 0. The second-order valence-corrected chi connectivity index (χ2v) is 8.70. The summed E-state index contributed by atoms with van der Waals surface area (Å²) in [5.74, 6) is -0.425. The third-order valence-electron chi connectivity index (χ3n) is 5.80. The quantitative estimate of drug-likeness (QED) is 0.786. The number of fused-ring (bicyclic) bond motifs is 1. The lowest BCUT2D eigenvalue weighted by Crippen LogP contribution is -2.55. The molecule has 2 fully saturated rings. The number of cyclic esters (lactones) is 1. The summed E-state index contributed by atoms with van der Waals surface area (Å²) in [6.45, 7) is 6.81. The molecule has 3 heterocycles. The van der Waals surface area contributed by atoms with Crippen LogP contribution in [0.25, 0.3) is 11.1 Å². The first-order chi connectivity index (χ1) is 13.8. The SMILES string of the molecule is CC1(C)COC(=O)N(C2CCN(C(=O)CCn3c(=O)oc4ccccc43)CC2)C1. The molecule has 0 bridgehead atoms. The zero-order valence-electron chi connectivity index (χ0n) is 16.9. The Hall–Kier alpha value is -2.77. The van der Waals surface area contributed by atoms with Gasteiger partial charge in [-0.1, -0.05) is 26.0 Å². The van der Waals surface area contributed by atoms with Gasteiger partial charge >= 0.3 is 11.8 Å². The van der Waals surface area contributed by atoms with Gasteiger partial charge in [0.1, 0.15) is 0 Å². The van der Waals surface area contributed by atoms with Crippen molar-refractivity contribution in [1.29, 1.82) is 0 Å². The van der Waals surface area contributed by atoms with Crippen molar-refractivity contribution in [2.75, 3.05) is 26.2 Å². The summed E-state index contributed by atoms with van der Waals surface area (Å²) in [6, 6.07) is 7.31. The van der Waals surface area contributed by atoms with Gasteiger partial charge in [0.15, 0.2) is 5.58 Å². The maximum absolute atomic E-state index is 12.7. The van der Waals surface area contributed by atoms with Crippen LogP contribution in [0.2, 0.25) is 0 Å². The number of aryl methyl sites for hydroxylation is 1. The van der Waals surface area contributed by atoms with Gasteiger partial charge in [0.2, 0.25) is 5.91 Å². The van der Waals surface area contributed by atoms with E-state index in [0.717, 1.165) is 12.8 Å². The molecule has 8 nitrogen and oxygen atoms in total. The number of hydrogen-bond acceptors (Lipinski definition) is 5. The lowest BCUT2D eigenvalue weighted by atomic mass is 9.91. The zero-order chi connectivity index (χ0) is 20.6. The van der Waals surface area contributed by atoms with E-state index in [1.807, 2.05) is 28.0 Å². The van der Waals surface area contributed by atoms with Gasteiger partial charge in [0.25, 0.3) is 0 Å². The van der Waals surface area contributed by atoms with Crippen LogP contribution >= 0.6 is 0 Å². The third-order valence-corrected chi connectivity index (χ3v) is 5.80. The number of rotatable bonds is 4. The molecular formula is C21H27N3O5. The number of hydrogen-bond donors (Lipinski definition) is 0. The fourth-order valence-corrected chi connectivity index (χ4v) is 4.21. The van der Waals surface area contributed by atoms with Crippen LogP contribution in [0.1, 0.15) is 33.1 Å². The maximum atomic E-state index is 12.7. The van der Waals surface area contributed by atoms with Gasteiger partial charge < -0.3 is 19.0 Å². The monoisotopic (exact) mass is 401 g/mol. The Labute approximate surface area is 169 Å². The van der Waals surface area contributed by atoms with E-state index >= 15 is 0 Å². The molecule has 156 valence electrons. The number of oxazole rings is 1. The highest BCUT2D eigenvalue weighted by molar-refractivity contribution is 5.77. The summed E-state index contributed by atoms with van der Waals surface area (Å²) < 4.78 is 12.0. The molecule has 2 aromatic rings. The molecule has 29 heavy (non-hydrogen) atoms. The lowest BCUT2D eigenvalue weighted by molar-refractivity contribution is -0.133. The number of carbonyl (C=O) groups is 2. The standard InChI is InChI=1S/C21H27N3O5/c1-21(2)13-24(19(26)28-14-21)15-7-10-22(11-8-15)18(25)9-12-23-16-5-3-4-6-17(16)29-20(23)27/h3-6,15H,7-14H2,1-2H3. The Balaban J connectivity index is 1.33. The van der Waals surface area contributed by atoms with E-state index < -0.39 is 5.76 Å². The first-order valence-electron chi connectivity index (χ1n) is 10.1. The molecule has 4 rings (SSSR count). The number of amides is 2. The van der Waals surface area contributed by atoms with Crippen molar-refractivity contribution in [2.45, 2.75) is 45.7 Å². The molecule has 0 N–H and O–H groups in total. The molecule has 2 saturated heterocycles. The molecule has 0 saturated carbocycles. The molecule has 0 atom stereocenters.